The van der Waals surface area contributed by atoms with Crippen LogP contribution in [-0.4, -0.2) is 42.5 Å². The molecule has 0 bridgehead atoms. The zero-order valence-electron chi connectivity index (χ0n) is 20.2. The van der Waals surface area contributed by atoms with Gasteiger partial charge in [0.1, 0.15) is 23.0 Å². The van der Waals surface area contributed by atoms with Crippen molar-refractivity contribution in [1.29, 1.82) is 0 Å². The van der Waals surface area contributed by atoms with E-state index in [0.717, 1.165) is 0 Å². The van der Waals surface area contributed by atoms with Crippen LogP contribution in [0, 0.1) is 0 Å². The molecule has 0 radical (unpaired) electrons. The van der Waals surface area contributed by atoms with E-state index in [4.69, 9.17) is 23.0 Å². The molecule has 1 aromatic carbocycles. The summed E-state index contributed by atoms with van der Waals surface area (Å²) in [5, 5.41) is 2.58. The van der Waals surface area contributed by atoms with Gasteiger partial charge in [0, 0.05) is 6.42 Å². The number of esters is 1. The summed E-state index contributed by atoms with van der Waals surface area (Å²) in [4.78, 5) is 24.9. The summed E-state index contributed by atoms with van der Waals surface area (Å²) >= 11 is 0. The van der Waals surface area contributed by atoms with Crippen molar-refractivity contribution in [3.8, 4) is 5.75 Å². The summed E-state index contributed by atoms with van der Waals surface area (Å²) in [5.74, 6) is -0.297. The molecule has 0 fully saturated rings. The number of benzene rings is 1. The minimum atomic E-state index is -3.71. The van der Waals surface area contributed by atoms with Crippen LogP contribution >= 0.6 is 7.82 Å². The molecule has 1 aromatic rings. The van der Waals surface area contributed by atoms with E-state index >= 15 is 0 Å². The molecule has 0 aromatic heterocycles. The lowest BCUT2D eigenvalue weighted by molar-refractivity contribution is -0.157. The van der Waals surface area contributed by atoms with Crippen molar-refractivity contribution in [1.82, 2.24) is 5.32 Å². The van der Waals surface area contributed by atoms with E-state index in [0.29, 0.717) is 5.56 Å². The van der Waals surface area contributed by atoms with E-state index < -0.39 is 37.1 Å². The fourth-order valence-corrected chi connectivity index (χ4v) is 3.67. The van der Waals surface area contributed by atoms with Crippen LogP contribution in [0.25, 0.3) is 0 Å². The second-order valence-electron chi connectivity index (χ2n) is 8.95. The lowest BCUT2D eigenvalue weighted by atomic mass is 10.1. The molecule has 0 saturated heterocycles. The Morgan fingerprint density at radius 2 is 1.41 bits per heavy atom. The Kier molecular flexibility index (Phi) is 10.2. The van der Waals surface area contributed by atoms with E-state index in [2.05, 4.69) is 5.32 Å². The van der Waals surface area contributed by atoms with Crippen LogP contribution in [0.15, 0.2) is 24.3 Å². The smallest absolute Gasteiger partial charge is 0.458 e. The van der Waals surface area contributed by atoms with E-state index in [-0.39, 0.29) is 25.4 Å². The number of phosphoric ester groups is 1. The summed E-state index contributed by atoms with van der Waals surface area (Å²) in [6.07, 6.45) is -0.564. The Hall–Kier alpha value is -2.09. The molecule has 0 aliphatic carbocycles. The van der Waals surface area contributed by atoms with Gasteiger partial charge in [-0.3, -0.25) is 9.05 Å². The first-order chi connectivity index (χ1) is 14.7. The van der Waals surface area contributed by atoms with Crippen molar-refractivity contribution in [3.63, 3.8) is 0 Å². The molecule has 10 heteroatoms. The first-order valence-corrected chi connectivity index (χ1v) is 12.0. The van der Waals surface area contributed by atoms with Gasteiger partial charge in [0.15, 0.2) is 0 Å². The van der Waals surface area contributed by atoms with Crippen molar-refractivity contribution in [3.05, 3.63) is 29.8 Å². The molecule has 1 atom stereocenters. The third kappa shape index (κ3) is 11.0. The van der Waals surface area contributed by atoms with Gasteiger partial charge in [-0.2, -0.15) is 0 Å². The number of hydrogen-bond donors (Lipinski definition) is 1. The molecule has 1 amide bonds. The topological polar surface area (TPSA) is 109 Å². The molecule has 182 valence electrons. The molecule has 0 aliphatic rings. The fourth-order valence-electron chi connectivity index (χ4n) is 2.47. The van der Waals surface area contributed by atoms with Gasteiger partial charge >= 0.3 is 19.9 Å². The van der Waals surface area contributed by atoms with Gasteiger partial charge in [-0.05, 0) is 73.1 Å². The molecule has 0 spiro atoms. The zero-order chi connectivity index (χ0) is 24.6. The maximum Gasteiger partial charge on any atom is 0.530 e. The number of ether oxygens (including phenoxy) is 2. The predicted octanol–water partition coefficient (Wildman–Crippen LogP) is 5.02. The highest BCUT2D eigenvalue weighted by Gasteiger charge is 2.30. The average molecular weight is 474 g/mol. The third-order valence-corrected chi connectivity index (χ3v) is 5.12. The Balaban J connectivity index is 2.97. The number of rotatable bonds is 10. The first kappa shape index (κ1) is 27.9. The second-order valence-corrected chi connectivity index (χ2v) is 10.5. The Bertz CT molecular complexity index is 786. The van der Waals surface area contributed by atoms with Crippen LogP contribution < -0.4 is 9.84 Å². The Morgan fingerprint density at radius 3 is 1.84 bits per heavy atom. The van der Waals surface area contributed by atoms with Gasteiger partial charge in [-0.15, -0.1) is 0 Å². The number of alkyl carbamates (subject to hydrolysis) is 1. The summed E-state index contributed by atoms with van der Waals surface area (Å²) in [7, 11) is -3.71. The normalized spacial score (nSPS) is 13.2. The molecule has 9 nitrogen and oxygen atoms in total. The van der Waals surface area contributed by atoms with Gasteiger partial charge in [0.05, 0.1) is 13.2 Å². The highest BCUT2D eigenvalue weighted by molar-refractivity contribution is 7.48. The number of carbonyl (C=O) groups excluding carboxylic acids is 2. The van der Waals surface area contributed by atoms with E-state index in [9.17, 15) is 14.2 Å². The molecule has 0 heterocycles. The molecule has 1 rings (SSSR count). The van der Waals surface area contributed by atoms with Crippen molar-refractivity contribution in [2.24, 2.45) is 0 Å². The van der Waals surface area contributed by atoms with Crippen molar-refractivity contribution >= 4 is 19.9 Å². The second kappa shape index (κ2) is 11.7. The zero-order valence-corrected chi connectivity index (χ0v) is 21.1. The molecule has 0 aliphatic heterocycles. The van der Waals surface area contributed by atoms with Crippen LogP contribution in [0.2, 0.25) is 0 Å². The summed E-state index contributed by atoms with van der Waals surface area (Å²) in [6, 6.07) is 5.57. The quantitative estimate of drug-likeness (QED) is 0.372. The molecule has 0 unspecified atom stereocenters. The number of nitrogens with one attached hydrogen (secondary N) is 1. The van der Waals surface area contributed by atoms with Gasteiger partial charge in [0.25, 0.3) is 0 Å². The van der Waals surface area contributed by atoms with Gasteiger partial charge < -0.3 is 19.3 Å². The Labute approximate surface area is 190 Å². The minimum Gasteiger partial charge on any atom is -0.458 e. The summed E-state index contributed by atoms with van der Waals surface area (Å²) in [5.41, 5.74) is -0.717. The maximum absolute atomic E-state index is 12.7. The van der Waals surface area contributed by atoms with Gasteiger partial charge in [0.2, 0.25) is 0 Å². The molecule has 1 N–H and O–H groups in total. The number of amides is 1. The third-order valence-electron chi connectivity index (χ3n) is 3.54. The maximum atomic E-state index is 12.7. The standard InChI is InChI=1S/C22H36NO8P/c1-9-27-32(26,28-10-2)31-17-13-11-16(12-14-17)15-18(19(24)29-21(3,4)5)23-20(25)30-22(6,7)8/h11-14,18H,9-10,15H2,1-8H3,(H,23,25)/t18-/m0/s1. The molecular formula is C22H36NO8P. The van der Waals surface area contributed by atoms with Gasteiger partial charge in [-0.1, -0.05) is 12.1 Å². The monoisotopic (exact) mass is 473 g/mol. The Morgan fingerprint density at radius 1 is 0.906 bits per heavy atom. The van der Waals surface area contributed by atoms with E-state index in [1.807, 2.05) is 0 Å². The van der Waals surface area contributed by atoms with Crippen molar-refractivity contribution in [2.75, 3.05) is 13.2 Å². The van der Waals surface area contributed by atoms with Gasteiger partial charge in [-0.25, -0.2) is 14.2 Å². The number of phosphoric acid groups is 1. The van der Waals surface area contributed by atoms with Crippen LogP contribution in [0.4, 0.5) is 4.79 Å². The summed E-state index contributed by atoms with van der Waals surface area (Å²) in [6.45, 7) is 14.2. The van der Waals surface area contributed by atoms with Crippen LogP contribution in [0.5, 0.6) is 5.75 Å². The lowest BCUT2D eigenvalue weighted by Gasteiger charge is -2.26. The molecular weight excluding hydrogens is 437 g/mol. The van der Waals surface area contributed by atoms with Crippen LogP contribution in [0.1, 0.15) is 61.0 Å². The van der Waals surface area contributed by atoms with E-state index in [1.54, 1.807) is 79.7 Å². The fraction of sp³-hybridized carbons (Fsp3) is 0.636. The highest BCUT2D eigenvalue weighted by atomic mass is 31.2. The minimum absolute atomic E-state index is 0.156. The molecule has 32 heavy (non-hydrogen) atoms. The predicted molar refractivity (Wildman–Crippen MR) is 121 cm³/mol. The number of carbonyl (C=O) groups is 2. The van der Waals surface area contributed by atoms with Crippen LogP contribution in [0.3, 0.4) is 0 Å². The first-order valence-electron chi connectivity index (χ1n) is 10.6. The lowest BCUT2D eigenvalue weighted by Crippen LogP contribution is -2.47. The van der Waals surface area contributed by atoms with Crippen molar-refractivity contribution in [2.45, 2.75) is 79.1 Å². The average Bonchev–Trinajstić information content (AvgIpc) is 2.60. The highest BCUT2D eigenvalue weighted by Crippen LogP contribution is 2.49. The summed E-state index contributed by atoms with van der Waals surface area (Å²) < 4.78 is 38.9. The van der Waals surface area contributed by atoms with Crippen LogP contribution in [-0.2, 0) is 34.3 Å². The van der Waals surface area contributed by atoms with Crippen molar-refractivity contribution < 1.29 is 37.2 Å². The number of hydrogen-bond acceptors (Lipinski definition) is 8. The SMILES string of the molecule is CCOP(=O)(OCC)Oc1ccc(C[C@H](NC(=O)OC(C)(C)C)C(=O)OC(C)(C)C)cc1. The van der Waals surface area contributed by atoms with E-state index in [1.165, 1.54) is 0 Å². The largest absolute Gasteiger partial charge is 0.530 e. The molecule has 0 saturated carbocycles.